The van der Waals surface area contributed by atoms with E-state index in [1.165, 1.54) is 5.56 Å². The largest absolute Gasteiger partial charge is 0.457 e. The zero-order valence-electron chi connectivity index (χ0n) is 14.4. The predicted octanol–water partition coefficient (Wildman–Crippen LogP) is 6.56. The molecule has 0 aliphatic rings. The van der Waals surface area contributed by atoms with Crippen LogP contribution in [-0.2, 0) is 6.42 Å². The molecule has 0 aromatic heterocycles. The van der Waals surface area contributed by atoms with E-state index in [9.17, 15) is 13.2 Å². The van der Waals surface area contributed by atoms with E-state index in [2.05, 4.69) is 35.9 Å². The van der Waals surface area contributed by atoms with Crippen molar-refractivity contribution in [2.24, 2.45) is 0 Å². The maximum atomic E-state index is 13.9. The van der Waals surface area contributed by atoms with Crippen LogP contribution in [0.1, 0.15) is 18.9 Å². The molecule has 1 nitrogen and oxygen atoms in total. The Morgan fingerprint density at radius 1 is 0.731 bits per heavy atom. The number of ether oxygens (including phenoxy) is 1. The molecule has 3 rings (SSSR count). The van der Waals surface area contributed by atoms with Crippen molar-refractivity contribution in [2.45, 2.75) is 19.8 Å². The molecule has 0 unspecified atom stereocenters. The zero-order chi connectivity index (χ0) is 18.5. The van der Waals surface area contributed by atoms with Crippen molar-refractivity contribution >= 4 is 0 Å². The molecule has 3 aromatic rings. The number of hydrogen-bond acceptors (Lipinski definition) is 1. The Labute approximate surface area is 151 Å². The van der Waals surface area contributed by atoms with Gasteiger partial charge in [-0.3, -0.25) is 0 Å². The molecule has 0 aliphatic carbocycles. The SMILES string of the molecule is CCCc1ccc(-c2ccc(-c3cc(F)c(OCF)c(F)c3)cc2)cc1. The first-order valence-electron chi connectivity index (χ1n) is 8.50. The predicted molar refractivity (Wildman–Crippen MR) is 97.8 cm³/mol. The average Bonchev–Trinajstić information content (AvgIpc) is 2.66. The van der Waals surface area contributed by atoms with Crippen LogP contribution < -0.4 is 4.74 Å². The lowest BCUT2D eigenvalue weighted by molar-refractivity contribution is 0.176. The van der Waals surface area contributed by atoms with Gasteiger partial charge in [0.05, 0.1) is 0 Å². The normalized spacial score (nSPS) is 10.8. The maximum absolute atomic E-state index is 13.9. The van der Waals surface area contributed by atoms with Crippen LogP contribution >= 0.6 is 0 Å². The minimum atomic E-state index is -1.28. The molecule has 0 radical (unpaired) electrons. The Morgan fingerprint density at radius 3 is 1.65 bits per heavy atom. The van der Waals surface area contributed by atoms with Gasteiger partial charge >= 0.3 is 0 Å². The van der Waals surface area contributed by atoms with Crippen molar-refractivity contribution in [1.82, 2.24) is 0 Å². The average molecular weight is 356 g/mol. The van der Waals surface area contributed by atoms with Gasteiger partial charge < -0.3 is 4.74 Å². The number of rotatable bonds is 6. The van der Waals surface area contributed by atoms with Crippen molar-refractivity contribution in [3.8, 4) is 28.0 Å². The maximum Gasteiger partial charge on any atom is 0.228 e. The van der Waals surface area contributed by atoms with Crippen molar-refractivity contribution < 1.29 is 17.9 Å². The molecule has 0 bridgehead atoms. The molecule has 0 heterocycles. The zero-order valence-corrected chi connectivity index (χ0v) is 14.4. The molecular weight excluding hydrogens is 337 g/mol. The van der Waals surface area contributed by atoms with Crippen molar-refractivity contribution in [2.75, 3.05) is 6.86 Å². The minimum absolute atomic E-state index is 0.371. The highest BCUT2D eigenvalue weighted by atomic mass is 19.1. The van der Waals surface area contributed by atoms with Gasteiger partial charge in [0.2, 0.25) is 6.86 Å². The lowest BCUT2D eigenvalue weighted by atomic mass is 9.99. The number of halogens is 3. The van der Waals surface area contributed by atoms with Gasteiger partial charge in [-0.05, 0) is 46.4 Å². The Balaban J connectivity index is 1.85. The summed E-state index contributed by atoms with van der Waals surface area (Å²) in [5.41, 5.74) is 4.45. The van der Waals surface area contributed by atoms with Gasteiger partial charge in [-0.15, -0.1) is 0 Å². The van der Waals surface area contributed by atoms with Gasteiger partial charge in [-0.1, -0.05) is 61.9 Å². The third kappa shape index (κ3) is 3.90. The fourth-order valence-corrected chi connectivity index (χ4v) is 2.93. The number of benzene rings is 3. The summed E-state index contributed by atoms with van der Waals surface area (Å²) in [6.07, 6.45) is 2.16. The third-order valence-electron chi connectivity index (χ3n) is 4.24. The topological polar surface area (TPSA) is 9.23 Å². The lowest BCUT2D eigenvalue weighted by Gasteiger charge is -2.09. The fourth-order valence-electron chi connectivity index (χ4n) is 2.93. The van der Waals surface area contributed by atoms with Gasteiger partial charge in [0.15, 0.2) is 17.4 Å². The molecule has 26 heavy (non-hydrogen) atoms. The highest BCUT2D eigenvalue weighted by Crippen LogP contribution is 2.30. The third-order valence-corrected chi connectivity index (χ3v) is 4.24. The van der Waals surface area contributed by atoms with Crippen LogP contribution in [0.4, 0.5) is 13.2 Å². The summed E-state index contributed by atoms with van der Waals surface area (Å²) in [5, 5.41) is 0. The summed E-state index contributed by atoms with van der Waals surface area (Å²) < 4.78 is 44.3. The summed E-state index contributed by atoms with van der Waals surface area (Å²) in [6.45, 7) is 0.869. The van der Waals surface area contributed by atoms with Crippen LogP contribution in [-0.4, -0.2) is 6.86 Å². The molecular formula is C22H19F3O. The van der Waals surface area contributed by atoms with Crippen LogP contribution in [0.3, 0.4) is 0 Å². The highest BCUT2D eigenvalue weighted by Gasteiger charge is 2.13. The summed E-state index contributed by atoms with van der Waals surface area (Å²) in [7, 11) is 0. The fraction of sp³-hybridized carbons (Fsp3) is 0.182. The van der Waals surface area contributed by atoms with E-state index in [0.717, 1.165) is 36.1 Å². The second-order valence-corrected chi connectivity index (χ2v) is 6.05. The van der Waals surface area contributed by atoms with Crippen molar-refractivity contribution in [1.29, 1.82) is 0 Å². The molecule has 3 aromatic carbocycles. The van der Waals surface area contributed by atoms with Gasteiger partial charge in [0, 0.05) is 0 Å². The van der Waals surface area contributed by atoms with Crippen LogP contribution in [0.15, 0.2) is 60.7 Å². The Hall–Kier alpha value is -2.75. The van der Waals surface area contributed by atoms with Crippen LogP contribution in [0.25, 0.3) is 22.3 Å². The van der Waals surface area contributed by atoms with E-state index in [1.54, 1.807) is 12.1 Å². The molecule has 4 heteroatoms. The van der Waals surface area contributed by atoms with E-state index in [-0.39, 0.29) is 0 Å². The summed E-state index contributed by atoms with van der Waals surface area (Å²) in [6, 6.07) is 18.1. The number of alkyl halides is 1. The molecule has 0 saturated carbocycles. The number of aryl methyl sites for hydroxylation is 1. The van der Waals surface area contributed by atoms with Crippen LogP contribution in [0, 0.1) is 11.6 Å². The standard InChI is InChI=1S/C22H19F3O/c1-2-3-15-4-6-16(7-5-15)17-8-10-18(11-9-17)19-12-20(24)22(26-14-23)21(25)13-19/h4-13H,2-3,14H2,1H3. The van der Waals surface area contributed by atoms with Crippen molar-refractivity contribution in [3.63, 3.8) is 0 Å². The molecule has 0 atom stereocenters. The first-order chi connectivity index (χ1) is 12.6. The summed E-state index contributed by atoms with van der Waals surface area (Å²) in [4.78, 5) is 0. The Kier molecular flexibility index (Phi) is 5.61. The number of hydrogen-bond donors (Lipinski definition) is 0. The molecule has 0 fully saturated rings. The molecule has 0 amide bonds. The van der Waals surface area contributed by atoms with Gasteiger partial charge in [0.25, 0.3) is 0 Å². The van der Waals surface area contributed by atoms with Crippen LogP contribution in [0.2, 0.25) is 0 Å². The van der Waals surface area contributed by atoms with E-state index in [1.807, 2.05) is 12.1 Å². The van der Waals surface area contributed by atoms with Gasteiger partial charge in [-0.25, -0.2) is 13.2 Å². The minimum Gasteiger partial charge on any atom is -0.457 e. The summed E-state index contributed by atoms with van der Waals surface area (Å²) >= 11 is 0. The molecule has 0 spiro atoms. The lowest BCUT2D eigenvalue weighted by Crippen LogP contribution is -1.97. The van der Waals surface area contributed by atoms with E-state index < -0.39 is 24.2 Å². The Bertz CT molecular complexity index is 848. The highest BCUT2D eigenvalue weighted by molar-refractivity contribution is 5.71. The van der Waals surface area contributed by atoms with Gasteiger partial charge in [0.1, 0.15) is 0 Å². The first-order valence-corrected chi connectivity index (χ1v) is 8.50. The smallest absolute Gasteiger partial charge is 0.228 e. The van der Waals surface area contributed by atoms with E-state index in [0.29, 0.717) is 11.1 Å². The van der Waals surface area contributed by atoms with Crippen LogP contribution in [0.5, 0.6) is 5.75 Å². The second-order valence-electron chi connectivity index (χ2n) is 6.05. The van der Waals surface area contributed by atoms with Crippen molar-refractivity contribution in [3.05, 3.63) is 77.9 Å². The monoisotopic (exact) mass is 356 g/mol. The quantitative estimate of drug-likeness (QED) is 0.486. The molecule has 134 valence electrons. The molecule has 0 N–H and O–H groups in total. The molecule has 0 aliphatic heterocycles. The molecule has 0 saturated heterocycles. The summed E-state index contributed by atoms with van der Waals surface area (Å²) in [5.74, 6) is -2.54. The first kappa shape index (κ1) is 18.1. The van der Waals surface area contributed by atoms with E-state index >= 15 is 0 Å². The van der Waals surface area contributed by atoms with E-state index in [4.69, 9.17) is 0 Å². The Morgan fingerprint density at radius 2 is 1.19 bits per heavy atom. The van der Waals surface area contributed by atoms with Gasteiger partial charge in [-0.2, -0.15) is 0 Å². The second kappa shape index (κ2) is 8.09.